The summed E-state index contributed by atoms with van der Waals surface area (Å²) in [6.45, 7) is 4.18. The summed E-state index contributed by atoms with van der Waals surface area (Å²) in [5.74, 6) is -0.418. The lowest BCUT2D eigenvalue weighted by Gasteiger charge is -2.23. The van der Waals surface area contributed by atoms with Gasteiger partial charge in [-0.1, -0.05) is 13.0 Å². The number of nitrogens with one attached hydrogen (secondary N) is 2. The van der Waals surface area contributed by atoms with Gasteiger partial charge >= 0.3 is 0 Å². The monoisotopic (exact) mass is 246 g/mol. The van der Waals surface area contributed by atoms with Gasteiger partial charge < -0.3 is 5.32 Å². The standard InChI is InChI=1S/C14H18N2O2/c1-3-10-4-5-11(8-9(10)2)15-12-6-7-13(17)16-14(12)18/h4-5,8,12,15H,3,6-7H2,1-2H3,(H,16,17,18). The van der Waals surface area contributed by atoms with Gasteiger partial charge in [-0.15, -0.1) is 0 Å². The van der Waals surface area contributed by atoms with E-state index in [0.717, 1.165) is 12.1 Å². The third-order valence-corrected chi connectivity index (χ3v) is 3.30. The second-order valence-corrected chi connectivity index (χ2v) is 4.64. The molecule has 1 aromatic carbocycles. The minimum atomic E-state index is -0.311. The number of hydrogen-bond acceptors (Lipinski definition) is 3. The van der Waals surface area contributed by atoms with E-state index in [0.29, 0.717) is 12.8 Å². The van der Waals surface area contributed by atoms with Crippen LogP contribution in [0.4, 0.5) is 5.69 Å². The molecule has 1 atom stereocenters. The lowest BCUT2D eigenvalue weighted by atomic mass is 10.0. The molecule has 0 aliphatic carbocycles. The Kier molecular flexibility index (Phi) is 3.65. The van der Waals surface area contributed by atoms with Gasteiger partial charge in [-0.25, -0.2) is 0 Å². The van der Waals surface area contributed by atoms with Gasteiger partial charge in [-0.3, -0.25) is 14.9 Å². The van der Waals surface area contributed by atoms with Crippen LogP contribution in [0.1, 0.15) is 30.9 Å². The molecule has 96 valence electrons. The zero-order valence-electron chi connectivity index (χ0n) is 10.7. The molecule has 4 heteroatoms. The zero-order chi connectivity index (χ0) is 13.1. The lowest BCUT2D eigenvalue weighted by Crippen LogP contribution is -2.47. The third kappa shape index (κ3) is 2.70. The molecule has 18 heavy (non-hydrogen) atoms. The van der Waals surface area contributed by atoms with Crippen LogP contribution >= 0.6 is 0 Å². The van der Waals surface area contributed by atoms with Gasteiger partial charge in [0.2, 0.25) is 11.8 Å². The Balaban J connectivity index is 2.07. The number of imide groups is 1. The van der Waals surface area contributed by atoms with Crippen molar-refractivity contribution in [3.05, 3.63) is 29.3 Å². The van der Waals surface area contributed by atoms with Gasteiger partial charge in [0.15, 0.2) is 0 Å². The van der Waals surface area contributed by atoms with E-state index in [1.165, 1.54) is 11.1 Å². The largest absolute Gasteiger partial charge is 0.374 e. The van der Waals surface area contributed by atoms with Crippen LogP contribution in [-0.2, 0) is 16.0 Å². The Morgan fingerprint density at radius 1 is 1.39 bits per heavy atom. The van der Waals surface area contributed by atoms with Crippen LogP contribution in [0.25, 0.3) is 0 Å². The van der Waals surface area contributed by atoms with Gasteiger partial charge in [0.25, 0.3) is 0 Å². The molecule has 2 rings (SSSR count). The third-order valence-electron chi connectivity index (χ3n) is 3.30. The molecule has 1 unspecified atom stereocenters. The Morgan fingerprint density at radius 2 is 2.17 bits per heavy atom. The number of amides is 2. The average Bonchev–Trinajstić information content (AvgIpc) is 2.33. The summed E-state index contributed by atoms with van der Waals surface area (Å²) >= 11 is 0. The molecule has 1 aromatic rings. The highest BCUT2D eigenvalue weighted by Crippen LogP contribution is 2.18. The molecule has 2 amide bonds. The summed E-state index contributed by atoms with van der Waals surface area (Å²) in [6.07, 6.45) is 1.96. The number of piperidine rings is 1. The minimum Gasteiger partial charge on any atom is -0.374 e. The summed E-state index contributed by atoms with van der Waals surface area (Å²) in [7, 11) is 0. The van der Waals surface area contributed by atoms with E-state index < -0.39 is 0 Å². The van der Waals surface area contributed by atoms with Crippen molar-refractivity contribution in [1.82, 2.24) is 5.32 Å². The molecule has 0 bridgehead atoms. The molecule has 0 saturated carbocycles. The summed E-state index contributed by atoms with van der Waals surface area (Å²) in [4.78, 5) is 22.7. The number of aryl methyl sites for hydroxylation is 2. The molecular formula is C14H18N2O2. The Bertz CT molecular complexity index is 483. The van der Waals surface area contributed by atoms with E-state index in [2.05, 4.69) is 30.5 Å². The van der Waals surface area contributed by atoms with E-state index in [1.54, 1.807) is 0 Å². The van der Waals surface area contributed by atoms with Crippen molar-refractivity contribution in [1.29, 1.82) is 0 Å². The minimum absolute atomic E-state index is 0.185. The van der Waals surface area contributed by atoms with Crippen LogP contribution in [0.3, 0.4) is 0 Å². The molecule has 1 aliphatic rings. The first-order chi connectivity index (χ1) is 8.60. The van der Waals surface area contributed by atoms with E-state index >= 15 is 0 Å². The molecule has 4 nitrogen and oxygen atoms in total. The second-order valence-electron chi connectivity index (χ2n) is 4.64. The van der Waals surface area contributed by atoms with Crippen LogP contribution < -0.4 is 10.6 Å². The van der Waals surface area contributed by atoms with Crippen LogP contribution in [0.15, 0.2) is 18.2 Å². The molecular weight excluding hydrogens is 228 g/mol. The summed E-state index contributed by atoms with van der Waals surface area (Å²) in [6, 6.07) is 5.79. The van der Waals surface area contributed by atoms with Gasteiger partial charge in [0.05, 0.1) is 0 Å². The van der Waals surface area contributed by atoms with Gasteiger partial charge in [-0.05, 0) is 43.0 Å². The normalized spacial score (nSPS) is 19.6. The smallest absolute Gasteiger partial charge is 0.249 e. The van der Waals surface area contributed by atoms with Gasteiger partial charge in [0, 0.05) is 12.1 Å². The molecule has 2 N–H and O–H groups in total. The second kappa shape index (κ2) is 5.21. The van der Waals surface area contributed by atoms with Crippen molar-refractivity contribution >= 4 is 17.5 Å². The molecule has 0 aromatic heterocycles. The van der Waals surface area contributed by atoms with Crippen LogP contribution in [0.5, 0.6) is 0 Å². The fourth-order valence-corrected chi connectivity index (χ4v) is 2.21. The molecule has 0 spiro atoms. The predicted molar refractivity (Wildman–Crippen MR) is 70.4 cm³/mol. The first kappa shape index (κ1) is 12.6. The molecule has 0 radical (unpaired) electrons. The maximum absolute atomic E-state index is 11.6. The topological polar surface area (TPSA) is 58.2 Å². The van der Waals surface area contributed by atoms with Crippen molar-refractivity contribution in [2.45, 2.75) is 39.2 Å². The van der Waals surface area contributed by atoms with Gasteiger partial charge in [0.1, 0.15) is 6.04 Å². The van der Waals surface area contributed by atoms with Crippen LogP contribution in [-0.4, -0.2) is 17.9 Å². The fourth-order valence-electron chi connectivity index (χ4n) is 2.21. The van der Waals surface area contributed by atoms with E-state index in [-0.39, 0.29) is 17.9 Å². The number of hydrogen-bond donors (Lipinski definition) is 2. The number of carbonyl (C=O) groups is 2. The Hall–Kier alpha value is -1.84. The van der Waals surface area contributed by atoms with Crippen molar-refractivity contribution in [3.8, 4) is 0 Å². The average molecular weight is 246 g/mol. The number of benzene rings is 1. The van der Waals surface area contributed by atoms with Crippen molar-refractivity contribution < 1.29 is 9.59 Å². The Labute approximate surface area is 107 Å². The van der Waals surface area contributed by atoms with E-state index in [1.807, 2.05) is 12.1 Å². The van der Waals surface area contributed by atoms with Crippen LogP contribution in [0.2, 0.25) is 0 Å². The van der Waals surface area contributed by atoms with Gasteiger partial charge in [-0.2, -0.15) is 0 Å². The number of carbonyl (C=O) groups excluding carboxylic acids is 2. The molecule has 1 aliphatic heterocycles. The van der Waals surface area contributed by atoms with E-state index in [9.17, 15) is 9.59 Å². The highest BCUT2D eigenvalue weighted by molar-refractivity contribution is 6.01. The number of rotatable bonds is 3. The van der Waals surface area contributed by atoms with Crippen molar-refractivity contribution in [2.24, 2.45) is 0 Å². The first-order valence-corrected chi connectivity index (χ1v) is 6.30. The highest BCUT2D eigenvalue weighted by atomic mass is 16.2. The summed E-state index contributed by atoms with van der Waals surface area (Å²) in [5, 5.41) is 5.53. The van der Waals surface area contributed by atoms with Crippen molar-refractivity contribution in [2.75, 3.05) is 5.32 Å². The Morgan fingerprint density at radius 3 is 2.78 bits per heavy atom. The quantitative estimate of drug-likeness (QED) is 0.799. The number of anilines is 1. The van der Waals surface area contributed by atoms with E-state index in [4.69, 9.17) is 0 Å². The van der Waals surface area contributed by atoms with Crippen molar-refractivity contribution in [3.63, 3.8) is 0 Å². The predicted octanol–water partition coefficient (Wildman–Crippen LogP) is 1.77. The fraction of sp³-hybridized carbons (Fsp3) is 0.429. The summed E-state index contributed by atoms with van der Waals surface area (Å²) < 4.78 is 0. The SMILES string of the molecule is CCc1ccc(NC2CCC(=O)NC2=O)cc1C. The first-order valence-electron chi connectivity index (χ1n) is 6.30. The molecule has 1 saturated heterocycles. The molecule has 1 heterocycles. The maximum atomic E-state index is 11.6. The molecule has 1 fully saturated rings. The summed E-state index contributed by atoms with van der Waals surface area (Å²) in [5.41, 5.74) is 3.46. The van der Waals surface area contributed by atoms with Crippen LogP contribution in [0, 0.1) is 6.92 Å². The highest BCUT2D eigenvalue weighted by Gasteiger charge is 2.26. The lowest BCUT2D eigenvalue weighted by molar-refractivity contribution is -0.133. The zero-order valence-corrected chi connectivity index (χ0v) is 10.7. The maximum Gasteiger partial charge on any atom is 0.249 e.